The van der Waals surface area contributed by atoms with E-state index in [4.69, 9.17) is 0 Å². The van der Waals surface area contributed by atoms with Crippen LogP contribution in [0.2, 0.25) is 0 Å². The number of hydrogen-bond acceptors (Lipinski definition) is 4. The van der Waals surface area contributed by atoms with Crippen LogP contribution in [0, 0.1) is 0 Å². The van der Waals surface area contributed by atoms with Crippen molar-refractivity contribution in [2.45, 2.75) is 0 Å². The molecule has 0 amide bonds. The molecule has 0 unspecified atom stereocenters. The largest absolute Gasteiger partial charge is 0.323 e. The number of nitrogens with zero attached hydrogens (tertiary/aromatic N) is 1. The highest BCUT2D eigenvalue weighted by Gasteiger charge is 2.15. The Morgan fingerprint density at radius 1 is 1.33 bits per heavy atom. The molecule has 0 aliphatic heterocycles. The lowest BCUT2D eigenvalue weighted by Crippen LogP contribution is -2.34. The summed E-state index contributed by atoms with van der Waals surface area (Å²) in [6.45, 7) is 0. The smallest absolute Gasteiger partial charge is 0.263 e. The second-order valence-corrected chi connectivity index (χ2v) is 2.43. The van der Waals surface area contributed by atoms with Gasteiger partial charge >= 0.3 is 10.2 Å². The molecule has 0 aromatic heterocycles. The van der Waals surface area contributed by atoms with Crippen molar-refractivity contribution in [3.63, 3.8) is 0 Å². The Balaban J connectivity index is 4.14. The van der Waals surface area contributed by atoms with Crippen molar-refractivity contribution < 1.29 is 18.1 Å². The van der Waals surface area contributed by atoms with E-state index in [1.165, 1.54) is 0 Å². The summed E-state index contributed by atoms with van der Waals surface area (Å²) < 4.78 is 20.7. The van der Waals surface area contributed by atoms with Crippen LogP contribution in [0.15, 0.2) is 0 Å². The van der Waals surface area contributed by atoms with E-state index in [1.807, 2.05) is 0 Å². The quantitative estimate of drug-likeness (QED) is 0.510. The molecule has 0 atom stereocenters. The monoisotopic (exact) mass is 156 g/mol. The standard InChI is InChI=1S/C2H8N2O4S/c1-7-4(8-2)9(3,5)6/h1-2H3,(H2,3,5,6). The zero-order valence-corrected chi connectivity index (χ0v) is 5.88. The maximum atomic E-state index is 10.2. The first-order valence-electron chi connectivity index (χ1n) is 1.93. The molecule has 2 N–H and O–H groups in total. The molecule has 0 aliphatic rings. The van der Waals surface area contributed by atoms with Gasteiger partial charge in [-0.15, -0.1) is 0 Å². The fourth-order valence-electron chi connectivity index (χ4n) is 0.282. The predicted octanol–water partition coefficient (Wildman–Crippen LogP) is -1.39. The summed E-state index contributed by atoms with van der Waals surface area (Å²) in [6, 6.07) is 0. The molecule has 0 aromatic carbocycles. The van der Waals surface area contributed by atoms with Gasteiger partial charge in [0.2, 0.25) is 0 Å². The van der Waals surface area contributed by atoms with Gasteiger partial charge in [-0.3, -0.25) is 9.68 Å². The third kappa shape index (κ3) is 2.72. The first kappa shape index (κ1) is 8.79. The van der Waals surface area contributed by atoms with Crippen LogP contribution in [0.1, 0.15) is 0 Å². The first-order valence-corrected chi connectivity index (χ1v) is 3.44. The Morgan fingerprint density at radius 3 is 1.67 bits per heavy atom. The molecular formula is C2H8N2O4S. The van der Waals surface area contributed by atoms with E-state index < -0.39 is 10.2 Å². The van der Waals surface area contributed by atoms with Gasteiger partial charge in [0.15, 0.2) is 0 Å². The summed E-state index contributed by atoms with van der Waals surface area (Å²) in [7, 11) is -1.64. The first-order chi connectivity index (χ1) is 4.02. The van der Waals surface area contributed by atoms with Gasteiger partial charge in [-0.2, -0.15) is 8.42 Å². The van der Waals surface area contributed by atoms with E-state index in [0.717, 1.165) is 14.2 Å². The van der Waals surface area contributed by atoms with E-state index in [2.05, 4.69) is 14.8 Å². The topological polar surface area (TPSA) is 81.9 Å². The van der Waals surface area contributed by atoms with Gasteiger partial charge in [-0.25, -0.2) is 5.14 Å². The van der Waals surface area contributed by atoms with Crippen LogP contribution in [-0.2, 0) is 19.9 Å². The molecule has 7 heteroatoms. The van der Waals surface area contributed by atoms with Crippen molar-refractivity contribution in [3.8, 4) is 0 Å². The number of rotatable bonds is 3. The van der Waals surface area contributed by atoms with Crippen molar-refractivity contribution in [1.82, 2.24) is 4.63 Å². The summed E-state index contributed by atoms with van der Waals surface area (Å²) in [5.41, 5.74) is 0. The molecule has 0 spiro atoms. The highest BCUT2D eigenvalue weighted by Crippen LogP contribution is 1.91. The summed E-state index contributed by atoms with van der Waals surface area (Å²) >= 11 is 0. The second-order valence-electron chi connectivity index (χ2n) is 1.10. The summed E-state index contributed by atoms with van der Waals surface area (Å²) in [5, 5.41) is 4.55. The van der Waals surface area contributed by atoms with Crippen molar-refractivity contribution >= 4 is 10.2 Å². The third-order valence-corrected chi connectivity index (χ3v) is 1.22. The van der Waals surface area contributed by atoms with Crippen LogP contribution in [-0.4, -0.2) is 27.3 Å². The maximum Gasteiger partial charge on any atom is 0.323 e. The van der Waals surface area contributed by atoms with Gasteiger partial charge in [0.05, 0.1) is 18.9 Å². The summed E-state index contributed by atoms with van der Waals surface area (Å²) in [6.07, 6.45) is 0. The van der Waals surface area contributed by atoms with Crippen LogP contribution < -0.4 is 5.14 Å². The lowest BCUT2D eigenvalue weighted by atomic mass is 11.7. The van der Waals surface area contributed by atoms with Crippen LogP contribution in [0.5, 0.6) is 0 Å². The second kappa shape index (κ2) is 3.08. The highest BCUT2D eigenvalue weighted by molar-refractivity contribution is 7.86. The van der Waals surface area contributed by atoms with E-state index in [0.29, 0.717) is 0 Å². The Kier molecular flexibility index (Phi) is 3.01. The Morgan fingerprint density at radius 2 is 1.67 bits per heavy atom. The van der Waals surface area contributed by atoms with Gasteiger partial charge in [-0.05, 0) is 0 Å². The molecule has 0 saturated carbocycles. The number of nitrogens with two attached hydrogens (primary N) is 1. The minimum atomic E-state index is -3.88. The highest BCUT2D eigenvalue weighted by atomic mass is 32.2. The van der Waals surface area contributed by atoms with E-state index >= 15 is 0 Å². The van der Waals surface area contributed by atoms with E-state index in [1.54, 1.807) is 0 Å². The van der Waals surface area contributed by atoms with Crippen molar-refractivity contribution in [2.24, 2.45) is 5.14 Å². The minimum Gasteiger partial charge on any atom is -0.263 e. The normalized spacial score (nSPS) is 12.4. The van der Waals surface area contributed by atoms with Gasteiger partial charge in [-0.1, -0.05) is 0 Å². The third-order valence-electron chi connectivity index (χ3n) is 0.506. The Labute approximate surface area is 53.2 Å². The summed E-state index contributed by atoms with van der Waals surface area (Å²) in [5.74, 6) is 0. The van der Waals surface area contributed by atoms with Gasteiger partial charge < -0.3 is 0 Å². The lowest BCUT2D eigenvalue weighted by Gasteiger charge is -2.11. The van der Waals surface area contributed by atoms with Crippen molar-refractivity contribution in [3.05, 3.63) is 0 Å². The maximum absolute atomic E-state index is 10.2. The van der Waals surface area contributed by atoms with Crippen LogP contribution in [0.4, 0.5) is 0 Å². The minimum absolute atomic E-state index is 0.188. The molecule has 0 saturated heterocycles. The van der Waals surface area contributed by atoms with Gasteiger partial charge in [0.1, 0.15) is 0 Å². The fourth-order valence-corrected chi connectivity index (χ4v) is 0.698. The Hall–Kier alpha value is -0.210. The van der Waals surface area contributed by atoms with Crippen molar-refractivity contribution in [2.75, 3.05) is 14.2 Å². The molecule has 0 heterocycles. The zero-order valence-electron chi connectivity index (χ0n) is 5.07. The van der Waals surface area contributed by atoms with E-state index in [-0.39, 0.29) is 4.63 Å². The molecule has 0 bridgehead atoms. The lowest BCUT2D eigenvalue weighted by molar-refractivity contribution is -0.270. The van der Waals surface area contributed by atoms with Crippen LogP contribution in [0.3, 0.4) is 0 Å². The predicted molar refractivity (Wildman–Crippen MR) is 29.0 cm³/mol. The fraction of sp³-hybridized carbons (Fsp3) is 1.00. The van der Waals surface area contributed by atoms with Crippen molar-refractivity contribution in [1.29, 1.82) is 0 Å². The van der Waals surface area contributed by atoms with Gasteiger partial charge in [0.25, 0.3) is 0 Å². The molecule has 0 aliphatic carbocycles. The number of hydrogen-bond donors (Lipinski definition) is 1. The molecule has 6 nitrogen and oxygen atoms in total. The van der Waals surface area contributed by atoms with Crippen LogP contribution >= 0.6 is 0 Å². The molecule has 0 fully saturated rings. The molecule has 0 rings (SSSR count). The SMILES string of the molecule is CON(OC)S(N)(=O)=O. The average Bonchev–Trinajstić information content (AvgIpc) is 1.65. The summed E-state index contributed by atoms with van der Waals surface area (Å²) in [4.78, 5) is 8.32. The molecule has 9 heavy (non-hydrogen) atoms. The Bertz CT molecular complexity index is 159. The molecular weight excluding hydrogens is 148 g/mol. The zero-order chi connectivity index (χ0) is 7.49. The molecule has 0 radical (unpaired) electrons. The van der Waals surface area contributed by atoms with Crippen LogP contribution in [0.25, 0.3) is 0 Å². The molecule has 0 aromatic rings. The average molecular weight is 156 g/mol. The van der Waals surface area contributed by atoms with Gasteiger partial charge in [0, 0.05) is 0 Å². The molecule has 56 valence electrons. The van der Waals surface area contributed by atoms with E-state index in [9.17, 15) is 8.42 Å².